The molecule has 0 aliphatic carbocycles. The number of hydrogen-bond donors (Lipinski definition) is 2. The Bertz CT molecular complexity index is 627. The molecule has 0 radical (unpaired) electrons. The molecule has 2 amide bonds. The van der Waals surface area contributed by atoms with Crippen LogP contribution in [0.5, 0.6) is 0 Å². The lowest BCUT2D eigenvalue weighted by Crippen LogP contribution is -2.44. The van der Waals surface area contributed by atoms with Crippen molar-refractivity contribution in [2.45, 2.75) is 58.3 Å². The second-order valence-corrected chi connectivity index (χ2v) is 7.21. The third-order valence-electron chi connectivity index (χ3n) is 3.58. The van der Waals surface area contributed by atoms with Gasteiger partial charge in [0.25, 0.3) is 0 Å². The Hall–Kier alpha value is -2.77. The molecule has 8 heteroatoms. The van der Waals surface area contributed by atoms with Gasteiger partial charge in [-0.05, 0) is 45.6 Å². The van der Waals surface area contributed by atoms with Gasteiger partial charge in [-0.2, -0.15) is 0 Å². The van der Waals surface area contributed by atoms with Crippen LogP contribution in [-0.4, -0.2) is 43.5 Å². The summed E-state index contributed by atoms with van der Waals surface area (Å²) in [5.41, 5.74) is 0.251. The van der Waals surface area contributed by atoms with E-state index in [2.05, 4.69) is 10.6 Å². The van der Waals surface area contributed by atoms with Crippen LogP contribution in [0.2, 0.25) is 0 Å². The van der Waals surface area contributed by atoms with Gasteiger partial charge in [-0.1, -0.05) is 30.3 Å². The van der Waals surface area contributed by atoms with Crippen molar-refractivity contribution in [3.8, 4) is 0 Å². The molecule has 1 rings (SSSR count). The molecule has 1 atom stereocenters. The van der Waals surface area contributed by atoms with E-state index in [0.717, 1.165) is 5.56 Å². The largest absolute Gasteiger partial charge is 0.467 e. The molecule has 1 aromatic carbocycles. The lowest BCUT2D eigenvalue weighted by molar-refractivity contribution is -0.143. The lowest BCUT2D eigenvalue weighted by atomic mass is 10.1. The van der Waals surface area contributed by atoms with Crippen LogP contribution in [-0.2, 0) is 25.6 Å². The highest BCUT2D eigenvalue weighted by atomic mass is 16.6. The molecule has 28 heavy (non-hydrogen) atoms. The van der Waals surface area contributed by atoms with Gasteiger partial charge < -0.3 is 24.8 Å². The SMILES string of the molecule is COC(=O)[C@@H](CCCCNC(=O)OCc1ccccc1)NC(=O)OC(C)(C)C. The van der Waals surface area contributed by atoms with Crippen molar-refractivity contribution in [3.05, 3.63) is 35.9 Å². The zero-order valence-corrected chi connectivity index (χ0v) is 16.9. The van der Waals surface area contributed by atoms with Gasteiger partial charge in [0.05, 0.1) is 7.11 Å². The van der Waals surface area contributed by atoms with Crippen LogP contribution in [0.15, 0.2) is 30.3 Å². The minimum atomic E-state index is -0.801. The number of benzene rings is 1. The van der Waals surface area contributed by atoms with Crippen LogP contribution in [0.4, 0.5) is 9.59 Å². The number of ether oxygens (including phenoxy) is 3. The normalized spacial score (nSPS) is 11.9. The van der Waals surface area contributed by atoms with E-state index in [9.17, 15) is 14.4 Å². The number of amides is 2. The molecule has 0 aliphatic heterocycles. The molecule has 0 aliphatic rings. The predicted molar refractivity (Wildman–Crippen MR) is 104 cm³/mol. The molecule has 156 valence electrons. The van der Waals surface area contributed by atoms with Gasteiger partial charge in [0.1, 0.15) is 18.2 Å². The fourth-order valence-corrected chi connectivity index (χ4v) is 2.28. The van der Waals surface area contributed by atoms with Crippen LogP contribution in [0.25, 0.3) is 0 Å². The summed E-state index contributed by atoms with van der Waals surface area (Å²) < 4.78 is 15.0. The molecule has 2 N–H and O–H groups in total. The summed E-state index contributed by atoms with van der Waals surface area (Å²) in [4.78, 5) is 35.3. The average molecular weight is 394 g/mol. The number of hydrogen-bond acceptors (Lipinski definition) is 6. The van der Waals surface area contributed by atoms with Crippen LogP contribution >= 0.6 is 0 Å². The first kappa shape index (κ1) is 23.3. The Morgan fingerprint density at radius 1 is 1.04 bits per heavy atom. The highest BCUT2D eigenvalue weighted by Crippen LogP contribution is 2.09. The molecule has 0 fully saturated rings. The van der Waals surface area contributed by atoms with Gasteiger partial charge in [-0.15, -0.1) is 0 Å². The highest BCUT2D eigenvalue weighted by molar-refractivity contribution is 5.81. The summed E-state index contributed by atoms with van der Waals surface area (Å²) in [6, 6.07) is 8.59. The standard InChI is InChI=1S/C20H30N2O6/c1-20(2,3)28-19(25)22-16(17(23)26-4)12-8-9-13-21-18(24)27-14-15-10-6-5-7-11-15/h5-7,10-11,16H,8-9,12-14H2,1-4H3,(H,21,24)(H,22,25)/t16-/m1/s1. The van der Waals surface area contributed by atoms with E-state index in [1.807, 2.05) is 30.3 Å². The lowest BCUT2D eigenvalue weighted by Gasteiger charge is -2.22. The van der Waals surface area contributed by atoms with Crippen molar-refractivity contribution in [1.29, 1.82) is 0 Å². The minimum Gasteiger partial charge on any atom is -0.467 e. The number of rotatable bonds is 9. The Balaban J connectivity index is 2.27. The Labute approximate surface area is 165 Å². The minimum absolute atomic E-state index is 0.205. The number of esters is 1. The topological polar surface area (TPSA) is 103 Å². The van der Waals surface area contributed by atoms with Crippen molar-refractivity contribution in [3.63, 3.8) is 0 Å². The summed E-state index contributed by atoms with van der Waals surface area (Å²) in [6.45, 7) is 5.82. The van der Waals surface area contributed by atoms with E-state index in [1.54, 1.807) is 20.8 Å². The maximum atomic E-state index is 11.8. The molecular weight excluding hydrogens is 364 g/mol. The van der Waals surface area contributed by atoms with Crippen molar-refractivity contribution in [2.75, 3.05) is 13.7 Å². The first-order valence-corrected chi connectivity index (χ1v) is 9.23. The van der Waals surface area contributed by atoms with E-state index in [4.69, 9.17) is 14.2 Å². The predicted octanol–water partition coefficient (Wildman–Crippen LogP) is 3.15. The number of methoxy groups -OCH3 is 1. The van der Waals surface area contributed by atoms with Gasteiger partial charge in [0.15, 0.2) is 0 Å². The van der Waals surface area contributed by atoms with E-state index in [1.165, 1.54) is 7.11 Å². The first-order chi connectivity index (χ1) is 13.2. The molecule has 0 saturated heterocycles. The summed E-state index contributed by atoms with van der Waals surface area (Å²) in [6.07, 6.45) is 0.399. The van der Waals surface area contributed by atoms with E-state index < -0.39 is 29.8 Å². The number of unbranched alkanes of at least 4 members (excludes halogenated alkanes) is 1. The summed E-state index contributed by atoms with van der Waals surface area (Å²) in [7, 11) is 1.26. The van der Waals surface area contributed by atoms with Crippen LogP contribution in [0.3, 0.4) is 0 Å². The number of carbonyl (C=O) groups excluding carboxylic acids is 3. The number of alkyl carbamates (subject to hydrolysis) is 2. The zero-order valence-electron chi connectivity index (χ0n) is 16.9. The molecule has 0 bridgehead atoms. The first-order valence-electron chi connectivity index (χ1n) is 9.23. The van der Waals surface area contributed by atoms with E-state index in [0.29, 0.717) is 25.8 Å². The quantitative estimate of drug-likeness (QED) is 0.379. The fraction of sp³-hybridized carbons (Fsp3) is 0.550. The van der Waals surface area contributed by atoms with E-state index >= 15 is 0 Å². The maximum absolute atomic E-state index is 11.8. The molecule has 1 aromatic rings. The molecule has 0 unspecified atom stereocenters. The van der Waals surface area contributed by atoms with Crippen molar-refractivity contribution in [2.24, 2.45) is 0 Å². The van der Waals surface area contributed by atoms with Crippen molar-refractivity contribution in [1.82, 2.24) is 10.6 Å². The van der Waals surface area contributed by atoms with Crippen LogP contribution < -0.4 is 10.6 Å². The van der Waals surface area contributed by atoms with Crippen LogP contribution in [0, 0.1) is 0 Å². The number of carbonyl (C=O) groups is 3. The third-order valence-corrected chi connectivity index (χ3v) is 3.58. The van der Waals surface area contributed by atoms with Crippen LogP contribution in [0.1, 0.15) is 45.6 Å². The van der Waals surface area contributed by atoms with Crippen molar-refractivity contribution >= 4 is 18.2 Å². The number of nitrogens with one attached hydrogen (secondary N) is 2. The molecule has 0 spiro atoms. The van der Waals surface area contributed by atoms with Gasteiger partial charge in [0.2, 0.25) is 0 Å². The molecule has 0 heterocycles. The van der Waals surface area contributed by atoms with Crippen molar-refractivity contribution < 1.29 is 28.6 Å². The molecule has 0 aromatic heterocycles. The molecule has 0 saturated carbocycles. The highest BCUT2D eigenvalue weighted by Gasteiger charge is 2.24. The van der Waals surface area contributed by atoms with E-state index in [-0.39, 0.29) is 6.61 Å². The second kappa shape index (κ2) is 11.8. The molecule has 8 nitrogen and oxygen atoms in total. The zero-order chi connectivity index (χ0) is 21.0. The van der Waals surface area contributed by atoms with Gasteiger partial charge in [-0.25, -0.2) is 14.4 Å². The Kier molecular flexibility index (Phi) is 9.84. The monoisotopic (exact) mass is 394 g/mol. The summed E-state index contributed by atoms with van der Waals surface area (Å²) in [5, 5.41) is 5.17. The molecular formula is C20H30N2O6. The fourth-order valence-electron chi connectivity index (χ4n) is 2.28. The Morgan fingerprint density at radius 3 is 2.32 bits per heavy atom. The maximum Gasteiger partial charge on any atom is 0.408 e. The summed E-state index contributed by atoms with van der Waals surface area (Å²) >= 11 is 0. The third kappa shape index (κ3) is 10.4. The second-order valence-electron chi connectivity index (χ2n) is 7.21. The Morgan fingerprint density at radius 2 is 1.71 bits per heavy atom. The summed E-state index contributed by atoms with van der Waals surface area (Å²) in [5.74, 6) is -0.541. The smallest absolute Gasteiger partial charge is 0.408 e. The van der Waals surface area contributed by atoms with Gasteiger partial charge in [-0.3, -0.25) is 0 Å². The van der Waals surface area contributed by atoms with Gasteiger partial charge >= 0.3 is 18.2 Å². The average Bonchev–Trinajstić information content (AvgIpc) is 2.63. The van der Waals surface area contributed by atoms with Gasteiger partial charge in [0, 0.05) is 6.54 Å².